The van der Waals surface area contributed by atoms with Gasteiger partial charge >= 0.3 is 0 Å². The predicted molar refractivity (Wildman–Crippen MR) is 76.4 cm³/mol. The number of pyridine rings is 1. The van der Waals surface area contributed by atoms with E-state index in [9.17, 15) is 0 Å². The van der Waals surface area contributed by atoms with E-state index in [0.29, 0.717) is 23.5 Å². The van der Waals surface area contributed by atoms with Crippen molar-refractivity contribution < 1.29 is 9.47 Å². The molecule has 104 valence electrons. The van der Waals surface area contributed by atoms with E-state index in [1.807, 2.05) is 12.1 Å². The molecule has 0 saturated carbocycles. The second-order valence-electron chi connectivity index (χ2n) is 4.63. The molecule has 0 fully saturated rings. The monoisotopic (exact) mass is 289 g/mol. The van der Waals surface area contributed by atoms with Crippen LogP contribution in [0.15, 0.2) is 18.3 Å². The van der Waals surface area contributed by atoms with E-state index in [-0.39, 0.29) is 0 Å². The smallest absolute Gasteiger partial charge is 0.212 e. The van der Waals surface area contributed by atoms with E-state index in [0.717, 1.165) is 35.7 Å². The fraction of sp³-hybridized carbons (Fsp3) is 0.357. The van der Waals surface area contributed by atoms with Gasteiger partial charge in [-0.3, -0.25) is 0 Å². The van der Waals surface area contributed by atoms with Gasteiger partial charge in [-0.2, -0.15) is 0 Å². The average molecular weight is 289 g/mol. The highest BCUT2D eigenvalue weighted by Crippen LogP contribution is 2.17. The van der Waals surface area contributed by atoms with Gasteiger partial charge in [-0.1, -0.05) is 18.3 Å². The van der Waals surface area contributed by atoms with Gasteiger partial charge < -0.3 is 14.5 Å². The molecule has 20 heavy (non-hydrogen) atoms. The Balaban J connectivity index is 1.87. The summed E-state index contributed by atoms with van der Waals surface area (Å²) >= 11 is 5.34. The summed E-state index contributed by atoms with van der Waals surface area (Å²) in [6.07, 6.45) is 3.32. The molecule has 0 amide bonds. The van der Waals surface area contributed by atoms with Crippen molar-refractivity contribution in [1.29, 1.82) is 0 Å². The molecule has 0 unspecified atom stereocenters. The maximum Gasteiger partial charge on any atom is 0.212 e. The Morgan fingerprint density at radius 1 is 1.45 bits per heavy atom. The number of rotatable bonds is 3. The number of hydrogen-bond donors (Lipinski definition) is 1. The molecule has 0 bridgehead atoms. The first-order valence-electron chi connectivity index (χ1n) is 6.44. The Morgan fingerprint density at radius 3 is 3.10 bits per heavy atom. The van der Waals surface area contributed by atoms with Crippen LogP contribution in [-0.2, 0) is 24.2 Å². The van der Waals surface area contributed by atoms with Gasteiger partial charge in [-0.15, -0.1) is 0 Å². The van der Waals surface area contributed by atoms with Crippen molar-refractivity contribution in [1.82, 2.24) is 15.0 Å². The standard InChI is InChI=1S/C14H15N3O2S/c1-18-13-3-2-9(7-15-13)6-12-16-11-4-5-19-8-10(11)14(20)17-12/h2-3,7H,4-6,8H2,1H3,(H,16,17,20). The van der Waals surface area contributed by atoms with Crippen molar-refractivity contribution in [2.75, 3.05) is 13.7 Å². The number of aromatic nitrogens is 3. The number of ether oxygens (including phenoxy) is 2. The normalized spacial score (nSPS) is 13.8. The lowest BCUT2D eigenvalue weighted by Crippen LogP contribution is -2.15. The molecule has 5 nitrogen and oxygen atoms in total. The molecule has 0 atom stereocenters. The lowest BCUT2D eigenvalue weighted by atomic mass is 10.1. The highest BCUT2D eigenvalue weighted by Gasteiger charge is 2.13. The topological polar surface area (TPSA) is 60.0 Å². The summed E-state index contributed by atoms with van der Waals surface area (Å²) in [6.45, 7) is 1.29. The van der Waals surface area contributed by atoms with Crippen molar-refractivity contribution in [2.24, 2.45) is 0 Å². The van der Waals surface area contributed by atoms with Crippen molar-refractivity contribution >= 4 is 12.2 Å². The van der Waals surface area contributed by atoms with Gasteiger partial charge in [-0.25, -0.2) is 9.97 Å². The van der Waals surface area contributed by atoms with Crippen LogP contribution in [0.5, 0.6) is 5.88 Å². The van der Waals surface area contributed by atoms with E-state index < -0.39 is 0 Å². The molecule has 2 aromatic rings. The molecule has 2 aromatic heterocycles. The predicted octanol–water partition coefficient (Wildman–Crippen LogP) is 2.21. The van der Waals surface area contributed by atoms with Gasteiger partial charge in [0.1, 0.15) is 10.5 Å². The Kier molecular flexibility index (Phi) is 3.75. The number of hydrogen-bond acceptors (Lipinski definition) is 5. The van der Waals surface area contributed by atoms with Gasteiger partial charge in [0.25, 0.3) is 0 Å². The van der Waals surface area contributed by atoms with Crippen LogP contribution < -0.4 is 4.74 Å². The molecule has 3 heterocycles. The zero-order valence-corrected chi connectivity index (χ0v) is 12.0. The van der Waals surface area contributed by atoms with Gasteiger partial charge in [0.05, 0.1) is 20.3 Å². The summed E-state index contributed by atoms with van der Waals surface area (Å²) in [7, 11) is 1.60. The molecule has 0 radical (unpaired) electrons. The van der Waals surface area contributed by atoms with Crippen LogP contribution in [-0.4, -0.2) is 28.7 Å². The third kappa shape index (κ3) is 2.71. The number of H-pyrrole nitrogens is 1. The summed E-state index contributed by atoms with van der Waals surface area (Å²) in [5.74, 6) is 1.47. The highest BCUT2D eigenvalue weighted by atomic mass is 32.1. The summed E-state index contributed by atoms with van der Waals surface area (Å²) in [5, 5.41) is 0. The molecular weight excluding hydrogens is 274 g/mol. The van der Waals surface area contributed by atoms with Crippen LogP contribution in [0.4, 0.5) is 0 Å². The minimum Gasteiger partial charge on any atom is -0.481 e. The van der Waals surface area contributed by atoms with Crippen LogP contribution in [0.1, 0.15) is 22.6 Å². The number of nitrogens with one attached hydrogen (secondary N) is 1. The molecule has 1 aliphatic heterocycles. The van der Waals surface area contributed by atoms with Gasteiger partial charge in [0.15, 0.2) is 0 Å². The molecule has 1 N–H and O–H groups in total. The molecule has 0 aliphatic carbocycles. The zero-order chi connectivity index (χ0) is 13.9. The summed E-state index contributed by atoms with van der Waals surface area (Å²) < 4.78 is 11.1. The fourth-order valence-corrected chi connectivity index (χ4v) is 2.51. The van der Waals surface area contributed by atoms with Crippen LogP contribution in [0.25, 0.3) is 0 Å². The SMILES string of the molecule is COc1ccc(Cc2nc(=S)c3c([nH]2)CCOC3)cn1. The quantitative estimate of drug-likeness (QED) is 0.878. The Morgan fingerprint density at radius 2 is 2.35 bits per heavy atom. The lowest BCUT2D eigenvalue weighted by Gasteiger charge is -2.17. The second-order valence-corrected chi connectivity index (χ2v) is 5.02. The molecule has 0 spiro atoms. The lowest BCUT2D eigenvalue weighted by molar-refractivity contribution is 0.108. The summed E-state index contributed by atoms with van der Waals surface area (Å²) in [4.78, 5) is 12.0. The van der Waals surface area contributed by atoms with Gasteiger partial charge in [0.2, 0.25) is 5.88 Å². The van der Waals surface area contributed by atoms with E-state index in [2.05, 4.69) is 15.0 Å². The molecule has 1 aliphatic rings. The largest absolute Gasteiger partial charge is 0.481 e. The van der Waals surface area contributed by atoms with E-state index in [4.69, 9.17) is 21.7 Å². The maximum atomic E-state index is 5.41. The Bertz CT molecular complexity index is 667. The second kappa shape index (κ2) is 5.68. The fourth-order valence-electron chi connectivity index (χ4n) is 2.22. The number of nitrogens with zero attached hydrogens (tertiary/aromatic N) is 2. The maximum absolute atomic E-state index is 5.41. The number of fused-ring (bicyclic) bond motifs is 1. The Hall–Kier alpha value is -1.79. The minimum absolute atomic E-state index is 0.558. The first kappa shape index (κ1) is 13.2. The highest BCUT2D eigenvalue weighted by molar-refractivity contribution is 7.71. The van der Waals surface area contributed by atoms with Gasteiger partial charge in [-0.05, 0) is 5.56 Å². The van der Waals surface area contributed by atoms with Crippen molar-refractivity contribution in [3.8, 4) is 5.88 Å². The van der Waals surface area contributed by atoms with Crippen LogP contribution >= 0.6 is 12.2 Å². The number of aromatic amines is 1. The van der Waals surface area contributed by atoms with Crippen molar-refractivity contribution in [2.45, 2.75) is 19.4 Å². The third-order valence-corrected chi connectivity index (χ3v) is 3.61. The first-order chi connectivity index (χ1) is 9.76. The average Bonchev–Trinajstić information content (AvgIpc) is 2.48. The molecular formula is C14H15N3O2S. The van der Waals surface area contributed by atoms with Gasteiger partial charge in [0, 0.05) is 36.4 Å². The Labute approximate surface area is 122 Å². The molecule has 0 aromatic carbocycles. The number of methoxy groups -OCH3 is 1. The van der Waals surface area contributed by atoms with Crippen LogP contribution in [0, 0.1) is 4.64 Å². The van der Waals surface area contributed by atoms with Crippen LogP contribution in [0.2, 0.25) is 0 Å². The van der Waals surface area contributed by atoms with Crippen LogP contribution in [0.3, 0.4) is 0 Å². The third-order valence-electron chi connectivity index (χ3n) is 3.28. The first-order valence-corrected chi connectivity index (χ1v) is 6.84. The summed E-state index contributed by atoms with van der Waals surface area (Å²) in [5.41, 5.74) is 3.23. The molecule has 0 saturated heterocycles. The van der Waals surface area contributed by atoms with E-state index in [1.165, 1.54) is 0 Å². The van der Waals surface area contributed by atoms with E-state index >= 15 is 0 Å². The molecule has 6 heteroatoms. The van der Waals surface area contributed by atoms with Crippen molar-refractivity contribution in [3.63, 3.8) is 0 Å². The minimum atomic E-state index is 0.558. The summed E-state index contributed by atoms with van der Waals surface area (Å²) in [6, 6.07) is 3.82. The molecule has 3 rings (SSSR count). The van der Waals surface area contributed by atoms with Crippen molar-refractivity contribution in [3.05, 3.63) is 45.6 Å². The van der Waals surface area contributed by atoms with E-state index in [1.54, 1.807) is 13.3 Å². The zero-order valence-electron chi connectivity index (χ0n) is 11.2.